The summed E-state index contributed by atoms with van der Waals surface area (Å²) in [5.74, 6) is 1.49. The highest BCUT2D eigenvalue weighted by atomic mass is 16.1. The Bertz CT molecular complexity index is 1220. The highest BCUT2D eigenvalue weighted by molar-refractivity contribution is 5.96. The summed E-state index contributed by atoms with van der Waals surface area (Å²) < 4.78 is 0. The molecule has 1 aliphatic carbocycles. The lowest BCUT2D eigenvalue weighted by atomic mass is 9.91. The predicted octanol–water partition coefficient (Wildman–Crippen LogP) is 3.59. The van der Waals surface area contributed by atoms with E-state index in [0.29, 0.717) is 18.4 Å². The smallest absolute Gasteiger partial charge is 0.214 e. The van der Waals surface area contributed by atoms with Crippen LogP contribution in [0.5, 0.6) is 0 Å². The van der Waals surface area contributed by atoms with Gasteiger partial charge in [0.2, 0.25) is 6.41 Å². The van der Waals surface area contributed by atoms with Crippen LogP contribution in [0.3, 0.4) is 0 Å². The van der Waals surface area contributed by atoms with E-state index in [4.69, 9.17) is 0 Å². The lowest BCUT2D eigenvalue weighted by Gasteiger charge is -2.34. The molecule has 1 saturated carbocycles. The van der Waals surface area contributed by atoms with Crippen molar-refractivity contribution in [2.24, 2.45) is 0 Å². The monoisotopic (exact) mass is 415 g/mol. The second-order valence-corrected chi connectivity index (χ2v) is 8.32. The number of hydrogen-bond donors (Lipinski definition) is 2. The standard InChI is InChI=1S/C23H25N7O/c1-29(2)13-21-24-23(28-26-21)16-9-10-20-19(12-16)22(27-25-20)15-5-3-8-18(11-15)30(14-31)17-6-4-7-17/h3,5,8-12,14,17H,4,6-7,13H2,1-2H3,(H,25,27)(H,24,26,28). The van der Waals surface area contributed by atoms with Crippen molar-refractivity contribution in [1.29, 1.82) is 0 Å². The van der Waals surface area contributed by atoms with Crippen LogP contribution in [0.4, 0.5) is 5.69 Å². The number of rotatable bonds is 7. The molecule has 31 heavy (non-hydrogen) atoms. The molecule has 5 rings (SSSR count). The highest BCUT2D eigenvalue weighted by Gasteiger charge is 2.25. The van der Waals surface area contributed by atoms with Gasteiger partial charge in [0.05, 0.1) is 17.8 Å². The average molecular weight is 416 g/mol. The van der Waals surface area contributed by atoms with Crippen molar-refractivity contribution >= 4 is 23.0 Å². The number of anilines is 1. The molecule has 2 heterocycles. The Morgan fingerprint density at radius 3 is 2.68 bits per heavy atom. The molecule has 1 aliphatic rings. The van der Waals surface area contributed by atoms with Gasteiger partial charge in [0, 0.05) is 28.2 Å². The van der Waals surface area contributed by atoms with Gasteiger partial charge in [-0.1, -0.05) is 12.1 Å². The van der Waals surface area contributed by atoms with Gasteiger partial charge >= 0.3 is 0 Å². The number of benzene rings is 2. The minimum Gasteiger partial charge on any atom is -0.312 e. The molecule has 0 unspecified atom stereocenters. The highest BCUT2D eigenvalue weighted by Crippen LogP contribution is 2.33. The first-order valence-electron chi connectivity index (χ1n) is 10.5. The number of carbonyl (C=O) groups is 1. The van der Waals surface area contributed by atoms with E-state index in [1.165, 1.54) is 6.42 Å². The van der Waals surface area contributed by atoms with E-state index in [1.54, 1.807) is 0 Å². The molecule has 158 valence electrons. The first-order valence-corrected chi connectivity index (χ1v) is 10.5. The molecule has 2 aromatic heterocycles. The van der Waals surface area contributed by atoms with Crippen molar-refractivity contribution in [3.8, 4) is 22.6 Å². The fraction of sp³-hybridized carbons (Fsp3) is 0.304. The third-order valence-electron chi connectivity index (χ3n) is 5.82. The van der Waals surface area contributed by atoms with Crippen LogP contribution in [0.1, 0.15) is 25.1 Å². The van der Waals surface area contributed by atoms with E-state index in [0.717, 1.165) is 58.5 Å². The van der Waals surface area contributed by atoms with Crippen LogP contribution < -0.4 is 4.90 Å². The van der Waals surface area contributed by atoms with Crippen LogP contribution in [-0.4, -0.2) is 56.8 Å². The minimum absolute atomic E-state index is 0.303. The van der Waals surface area contributed by atoms with E-state index in [2.05, 4.69) is 31.4 Å². The topological polar surface area (TPSA) is 93.8 Å². The molecule has 2 N–H and O–H groups in total. The van der Waals surface area contributed by atoms with Crippen LogP contribution in [0.2, 0.25) is 0 Å². The quantitative estimate of drug-likeness (QED) is 0.450. The summed E-state index contributed by atoms with van der Waals surface area (Å²) in [7, 11) is 3.99. The van der Waals surface area contributed by atoms with Gasteiger partial charge in [-0.15, -0.1) is 0 Å². The Morgan fingerprint density at radius 2 is 1.94 bits per heavy atom. The zero-order chi connectivity index (χ0) is 21.4. The van der Waals surface area contributed by atoms with Gasteiger partial charge in [-0.05, 0) is 63.7 Å². The van der Waals surface area contributed by atoms with Crippen LogP contribution in [-0.2, 0) is 11.3 Å². The van der Waals surface area contributed by atoms with Gasteiger partial charge in [0.15, 0.2) is 5.82 Å². The maximum Gasteiger partial charge on any atom is 0.214 e. The van der Waals surface area contributed by atoms with Crippen LogP contribution in [0, 0.1) is 0 Å². The molecule has 8 nitrogen and oxygen atoms in total. The first-order chi connectivity index (χ1) is 15.1. The van der Waals surface area contributed by atoms with Crippen molar-refractivity contribution in [2.75, 3.05) is 19.0 Å². The molecule has 4 aromatic rings. The van der Waals surface area contributed by atoms with E-state index in [-0.39, 0.29) is 0 Å². The number of carbonyl (C=O) groups excluding carboxylic acids is 1. The van der Waals surface area contributed by atoms with Gasteiger partial charge in [-0.3, -0.25) is 15.0 Å². The number of fused-ring (bicyclic) bond motifs is 1. The molecule has 1 amide bonds. The number of hydrogen-bond acceptors (Lipinski definition) is 5. The minimum atomic E-state index is 0.303. The maximum absolute atomic E-state index is 11.7. The Balaban J connectivity index is 1.51. The predicted molar refractivity (Wildman–Crippen MR) is 120 cm³/mol. The second-order valence-electron chi connectivity index (χ2n) is 8.32. The van der Waals surface area contributed by atoms with Crippen molar-refractivity contribution in [2.45, 2.75) is 31.8 Å². The molecule has 8 heteroatoms. The molecule has 0 radical (unpaired) electrons. The largest absolute Gasteiger partial charge is 0.312 e. The summed E-state index contributed by atoms with van der Waals surface area (Å²) in [5, 5.41) is 16.1. The van der Waals surface area contributed by atoms with Crippen LogP contribution >= 0.6 is 0 Å². The molecule has 0 spiro atoms. The summed E-state index contributed by atoms with van der Waals surface area (Å²) in [5.41, 5.74) is 4.60. The lowest BCUT2D eigenvalue weighted by Crippen LogP contribution is -2.39. The van der Waals surface area contributed by atoms with Gasteiger partial charge in [-0.25, -0.2) is 4.98 Å². The van der Waals surface area contributed by atoms with E-state index in [1.807, 2.05) is 60.3 Å². The molecular formula is C23H25N7O. The number of amides is 1. The lowest BCUT2D eigenvalue weighted by molar-refractivity contribution is -0.108. The maximum atomic E-state index is 11.7. The molecule has 0 aliphatic heterocycles. The normalized spacial score (nSPS) is 14.2. The van der Waals surface area contributed by atoms with Gasteiger partial charge in [0.25, 0.3) is 0 Å². The fourth-order valence-electron chi connectivity index (χ4n) is 4.00. The Kier molecular flexibility index (Phi) is 4.99. The molecule has 2 aromatic carbocycles. The summed E-state index contributed by atoms with van der Waals surface area (Å²) in [6.45, 7) is 0.702. The molecule has 0 atom stereocenters. The van der Waals surface area contributed by atoms with E-state index >= 15 is 0 Å². The zero-order valence-electron chi connectivity index (χ0n) is 17.7. The number of H-pyrrole nitrogens is 2. The molecule has 0 saturated heterocycles. The van der Waals surface area contributed by atoms with E-state index < -0.39 is 0 Å². The van der Waals surface area contributed by atoms with E-state index in [9.17, 15) is 4.79 Å². The third-order valence-corrected chi connectivity index (χ3v) is 5.82. The van der Waals surface area contributed by atoms with Crippen molar-refractivity contribution in [3.63, 3.8) is 0 Å². The summed E-state index contributed by atoms with van der Waals surface area (Å²) in [6.07, 6.45) is 4.24. The summed E-state index contributed by atoms with van der Waals surface area (Å²) >= 11 is 0. The SMILES string of the molecule is CN(C)Cc1nc(-c2ccc3[nH]nc(-c4cccc(N(C=O)C5CCC5)c4)c3c2)n[nH]1. The fourth-order valence-corrected chi connectivity index (χ4v) is 4.00. The molecule has 1 fully saturated rings. The number of aromatic amines is 2. The Morgan fingerprint density at radius 1 is 1.06 bits per heavy atom. The van der Waals surface area contributed by atoms with Crippen molar-refractivity contribution in [1.82, 2.24) is 30.3 Å². The average Bonchev–Trinajstić information content (AvgIpc) is 3.36. The molecular weight excluding hydrogens is 390 g/mol. The Labute approximate surface area is 180 Å². The number of nitrogens with one attached hydrogen (secondary N) is 2. The molecule has 0 bridgehead atoms. The van der Waals surface area contributed by atoms with Gasteiger partial charge in [-0.2, -0.15) is 10.2 Å². The zero-order valence-corrected chi connectivity index (χ0v) is 17.7. The number of nitrogens with zero attached hydrogens (tertiary/aromatic N) is 5. The summed E-state index contributed by atoms with van der Waals surface area (Å²) in [4.78, 5) is 20.2. The van der Waals surface area contributed by atoms with Gasteiger partial charge < -0.3 is 9.80 Å². The first kappa shape index (κ1) is 19.4. The van der Waals surface area contributed by atoms with Crippen molar-refractivity contribution < 1.29 is 4.79 Å². The second kappa shape index (κ2) is 7.96. The number of aromatic nitrogens is 5. The van der Waals surface area contributed by atoms with Gasteiger partial charge in [0.1, 0.15) is 5.82 Å². The van der Waals surface area contributed by atoms with Crippen LogP contribution in [0.15, 0.2) is 42.5 Å². The van der Waals surface area contributed by atoms with Crippen molar-refractivity contribution in [3.05, 3.63) is 48.3 Å². The summed E-state index contributed by atoms with van der Waals surface area (Å²) in [6, 6.07) is 14.4. The van der Waals surface area contributed by atoms with Crippen LogP contribution in [0.25, 0.3) is 33.5 Å². The Hall–Kier alpha value is -3.52. The third kappa shape index (κ3) is 3.70.